The predicted octanol–water partition coefficient (Wildman–Crippen LogP) is 3.09. The zero-order valence-electron chi connectivity index (χ0n) is 9.87. The number of benzene rings is 1. The van der Waals surface area contributed by atoms with Crippen LogP contribution in [0.3, 0.4) is 0 Å². The molecule has 1 aromatic heterocycles. The smallest absolute Gasteiger partial charge is 0.341 e. The van der Waals surface area contributed by atoms with Crippen LogP contribution in [-0.2, 0) is 4.74 Å². The van der Waals surface area contributed by atoms with Gasteiger partial charge in [0.1, 0.15) is 11.4 Å². The number of aromatic amines is 1. The highest BCUT2D eigenvalue weighted by molar-refractivity contribution is 6.30. The molecule has 4 nitrogen and oxygen atoms in total. The van der Waals surface area contributed by atoms with Crippen LogP contribution in [0.1, 0.15) is 17.3 Å². The molecular weight excluding hydrogens is 252 g/mol. The second-order valence-electron chi connectivity index (χ2n) is 3.74. The van der Waals surface area contributed by atoms with Gasteiger partial charge in [0, 0.05) is 10.7 Å². The summed E-state index contributed by atoms with van der Waals surface area (Å²) in [5.74, 6) is -0.120. The first kappa shape index (κ1) is 12.5. The van der Waals surface area contributed by atoms with Crippen molar-refractivity contribution in [2.75, 3.05) is 12.3 Å². The maximum Gasteiger partial charge on any atom is 0.341 e. The number of ether oxygens (including phenoxy) is 1. The van der Waals surface area contributed by atoms with Crippen molar-refractivity contribution in [3.8, 4) is 11.3 Å². The number of rotatable bonds is 3. The quantitative estimate of drug-likeness (QED) is 0.837. The van der Waals surface area contributed by atoms with Crippen molar-refractivity contribution in [3.63, 3.8) is 0 Å². The molecule has 0 saturated carbocycles. The molecule has 1 heterocycles. The average molecular weight is 265 g/mol. The molecule has 0 atom stereocenters. The van der Waals surface area contributed by atoms with Gasteiger partial charge in [0.25, 0.3) is 0 Å². The van der Waals surface area contributed by atoms with E-state index in [1.54, 1.807) is 25.1 Å². The van der Waals surface area contributed by atoms with Crippen molar-refractivity contribution in [1.82, 2.24) is 4.98 Å². The summed E-state index contributed by atoms with van der Waals surface area (Å²) in [5, 5.41) is 0.656. The van der Waals surface area contributed by atoms with Crippen molar-refractivity contribution in [2.24, 2.45) is 0 Å². The van der Waals surface area contributed by atoms with Crippen LogP contribution >= 0.6 is 11.6 Å². The molecule has 0 saturated heterocycles. The number of nitrogens with two attached hydrogens (primary N) is 1. The molecule has 0 amide bonds. The monoisotopic (exact) mass is 264 g/mol. The number of halogens is 1. The first-order chi connectivity index (χ1) is 8.61. The first-order valence-electron chi connectivity index (χ1n) is 5.53. The van der Waals surface area contributed by atoms with E-state index in [4.69, 9.17) is 22.1 Å². The standard InChI is InChI=1S/C13H13ClN2O2/c1-2-18-13(17)10-7-11(16-12(10)15)8-3-5-9(14)6-4-8/h3-7,16H,2,15H2,1H3. The third-order valence-electron chi connectivity index (χ3n) is 2.50. The molecule has 94 valence electrons. The minimum Gasteiger partial charge on any atom is -0.462 e. The summed E-state index contributed by atoms with van der Waals surface area (Å²) in [6, 6.07) is 8.93. The van der Waals surface area contributed by atoms with E-state index in [0.29, 0.717) is 23.0 Å². The topological polar surface area (TPSA) is 68.1 Å². The molecule has 0 aliphatic heterocycles. The van der Waals surface area contributed by atoms with E-state index in [-0.39, 0.29) is 0 Å². The fraction of sp³-hybridized carbons (Fsp3) is 0.154. The number of H-pyrrole nitrogens is 1. The summed E-state index contributed by atoms with van der Waals surface area (Å²) >= 11 is 5.82. The largest absolute Gasteiger partial charge is 0.462 e. The molecule has 0 bridgehead atoms. The third-order valence-corrected chi connectivity index (χ3v) is 2.75. The van der Waals surface area contributed by atoms with Gasteiger partial charge in [0.05, 0.1) is 6.61 Å². The molecule has 2 aromatic rings. The molecule has 0 unspecified atom stereocenters. The van der Waals surface area contributed by atoms with Crippen molar-refractivity contribution in [2.45, 2.75) is 6.92 Å². The van der Waals surface area contributed by atoms with Crippen LogP contribution in [0, 0.1) is 0 Å². The van der Waals surface area contributed by atoms with E-state index in [2.05, 4.69) is 4.98 Å². The minimum absolute atomic E-state index is 0.304. The highest BCUT2D eigenvalue weighted by Gasteiger charge is 2.15. The fourth-order valence-corrected chi connectivity index (χ4v) is 1.76. The zero-order chi connectivity index (χ0) is 13.1. The van der Waals surface area contributed by atoms with Gasteiger partial charge in [-0.25, -0.2) is 4.79 Å². The zero-order valence-corrected chi connectivity index (χ0v) is 10.6. The average Bonchev–Trinajstić information content (AvgIpc) is 2.72. The predicted molar refractivity (Wildman–Crippen MR) is 71.6 cm³/mol. The second kappa shape index (κ2) is 5.14. The lowest BCUT2D eigenvalue weighted by atomic mass is 10.1. The van der Waals surface area contributed by atoms with Crippen molar-refractivity contribution >= 4 is 23.4 Å². The highest BCUT2D eigenvalue weighted by Crippen LogP contribution is 2.25. The van der Waals surface area contributed by atoms with Gasteiger partial charge in [-0.15, -0.1) is 0 Å². The van der Waals surface area contributed by atoms with E-state index in [0.717, 1.165) is 11.3 Å². The Hall–Kier alpha value is -1.94. The van der Waals surface area contributed by atoms with Gasteiger partial charge in [-0.05, 0) is 30.7 Å². The summed E-state index contributed by atoms with van der Waals surface area (Å²) in [7, 11) is 0. The number of hydrogen-bond acceptors (Lipinski definition) is 3. The van der Waals surface area contributed by atoms with E-state index in [1.807, 2.05) is 12.1 Å². The first-order valence-corrected chi connectivity index (χ1v) is 5.91. The number of anilines is 1. The minimum atomic E-state index is -0.425. The summed E-state index contributed by atoms with van der Waals surface area (Å²) < 4.78 is 4.92. The number of esters is 1. The van der Waals surface area contributed by atoms with Gasteiger partial charge in [-0.1, -0.05) is 23.7 Å². The molecule has 0 aliphatic carbocycles. The molecule has 3 N–H and O–H groups in total. The van der Waals surface area contributed by atoms with E-state index in [1.165, 1.54) is 0 Å². The van der Waals surface area contributed by atoms with Gasteiger partial charge in [0.15, 0.2) is 0 Å². The van der Waals surface area contributed by atoms with Crippen LogP contribution in [0.25, 0.3) is 11.3 Å². The number of hydrogen-bond donors (Lipinski definition) is 2. The molecule has 18 heavy (non-hydrogen) atoms. The van der Waals surface area contributed by atoms with E-state index in [9.17, 15) is 4.79 Å². The lowest BCUT2D eigenvalue weighted by molar-refractivity contribution is 0.0528. The maximum absolute atomic E-state index is 11.6. The second-order valence-corrected chi connectivity index (χ2v) is 4.17. The number of carbonyl (C=O) groups is 1. The lowest BCUT2D eigenvalue weighted by Gasteiger charge is -1.98. The van der Waals surface area contributed by atoms with Gasteiger partial charge in [-0.2, -0.15) is 0 Å². The SMILES string of the molecule is CCOC(=O)c1cc(-c2ccc(Cl)cc2)[nH]c1N. The van der Waals surface area contributed by atoms with Crippen molar-refractivity contribution in [1.29, 1.82) is 0 Å². The lowest BCUT2D eigenvalue weighted by Crippen LogP contribution is -2.05. The molecule has 0 aliphatic rings. The van der Waals surface area contributed by atoms with Crippen LogP contribution in [0.15, 0.2) is 30.3 Å². The summed E-state index contributed by atoms with van der Waals surface area (Å²) in [6.45, 7) is 2.07. The Labute approximate surface area is 110 Å². The highest BCUT2D eigenvalue weighted by atomic mass is 35.5. The van der Waals surface area contributed by atoms with Crippen LogP contribution < -0.4 is 5.73 Å². The molecular formula is C13H13ClN2O2. The van der Waals surface area contributed by atoms with Gasteiger partial charge in [0.2, 0.25) is 0 Å². The van der Waals surface area contributed by atoms with Crippen LogP contribution in [0.2, 0.25) is 5.02 Å². The molecule has 2 rings (SSSR count). The molecule has 0 radical (unpaired) electrons. The Bertz CT molecular complexity index is 561. The van der Waals surface area contributed by atoms with Crippen LogP contribution in [-0.4, -0.2) is 17.6 Å². The molecule has 0 fully saturated rings. The maximum atomic E-state index is 11.6. The Morgan fingerprint density at radius 1 is 1.39 bits per heavy atom. The van der Waals surface area contributed by atoms with Crippen LogP contribution in [0.5, 0.6) is 0 Å². The van der Waals surface area contributed by atoms with Crippen molar-refractivity contribution in [3.05, 3.63) is 40.9 Å². The molecule has 5 heteroatoms. The van der Waals surface area contributed by atoms with Gasteiger partial charge in [-0.3, -0.25) is 0 Å². The summed E-state index contributed by atoms with van der Waals surface area (Å²) in [6.07, 6.45) is 0. The Morgan fingerprint density at radius 3 is 2.67 bits per heavy atom. The van der Waals surface area contributed by atoms with Crippen LogP contribution in [0.4, 0.5) is 5.82 Å². The Kier molecular flexibility index (Phi) is 3.58. The Morgan fingerprint density at radius 2 is 2.06 bits per heavy atom. The Balaban J connectivity index is 2.34. The van der Waals surface area contributed by atoms with Gasteiger partial charge >= 0.3 is 5.97 Å². The van der Waals surface area contributed by atoms with E-state index < -0.39 is 5.97 Å². The molecule has 0 spiro atoms. The summed E-state index contributed by atoms with van der Waals surface area (Å²) in [4.78, 5) is 14.6. The number of carbonyl (C=O) groups excluding carboxylic acids is 1. The number of aromatic nitrogens is 1. The number of nitrogens with one attached hydrogen (secondary N) is 1. The molecule has 1 aromatic carbocycles. The fourth-order valence-electron chi connectivity index (χ4n) is 1.63. The van der Waals surface area contributed by atoms with Gasteiger partial charge < -0.3 is 15.5 Å². The third kappa shape index (κ3) is 2.49. The van der Waals surface area contributed by atoms with Crippen molar-refractivity contribution < 1.29 is 9.53 Å². The number of nitrogen functional groups attached to an aromatic ring is 1. The summed E-state index contributed by atoms with van der Waals surface area (Å²) in [5.41, 5.74) is 7.77. The normalized spacial score (nSPS) is 10.3. The van der Waals surface area contributed by atoms with E-state index >= 15 is 0 Å².